The summed E-state index contributed by atoms with van der Waals surface area (Å²) in [6.45, 7) is -1.25. The fourth-order valence-electron chi connectivity index (χ4n) is 1.20. The average molecular weight is 237 g/mol. The van der Waals surface area contributed by atoms with Gasteiger partial charge in [-0.1, -0.05) is 17.7 Å². The van der Waals surface area contributed by atoms with E-state index in [1.165, 1.54) is 12.1 Å². The van der Waals surface area contributed by atoms with Crippen LogP contribution in [0.15, 0.2) is 18.2 Å². The molecule has 0 amide bonds. The Morgan fingerprint density at radius 3 is 2.60 bits per heavy atom. The number of aliphatic hydroxyl groups is 1. The van der Waals surface area contributed by atoms with Gasteiger partial charge in [0.1, 0.15) is 5.75 Å². The number of rotatable bonds is 4. The Labute approximate surface area is 91.4 Å². The van der Waals surface area contributed by atoms with E-state index in [1.807, 2.05) is 0 Å². The maximum Gasteiger partial charge on any atom is 0.387 e. The maximum absolute atomic E-state index is 11.9. The lowest BCUT2D eigenvalue weighted by Crippen LogP contribution is -2.05. The molecule has 0 spiro atoms. The standard InChI is InChI=1S/C10H11ClF2O2/c1-6(14)4-7-2-3-9(8(11)5-7)15-10(12)13/h2-3,5-6,10,14H,4H2,1H3/t6-/m0/s1. The predicted octanol–water partition coefficient (Wildman–Crippen LogP) is 2.86. The summed E-state index contributed by atoms with van der Waals surface area (Å²) >= 11 is 5.72. The van der Waals surface area contributed by atoms with Crippen LogP contribution in [0.1, 0.15) is 12.5 Å². The molecule has 0 aromatic heterocycles. The molecular formula is C10H11ClF2O2. The van der Waals surface area contributed by atoms with Crippen molar-refractivity contribution in [2.24, 2.45) is 0 Å². The second kappa shape index (κ2) is 5.28. The average Bonchev–Trinajstić information content (AvgIpc) is 2.08. The number of aliphatic hydroxyl groups excluding tert-OH is 1. The molecule has 0 aliphatic carbocycles. The van der Waals surface area contributed by atoms with E-state index < -0.39 is 12.7 Å². The van der Waals surface area contributed by atoms with Crippen LogP contribution in [-0.2, 0) is 6.42 Å². The zero-order valence-electron chi connectivity index (χ0n) is 8.08. The summed E-state index contributed by atoms with van der Waals surface area (Å²) < 4.78 is 28.0. The number of hydrogen-bond donors (Lipinski definition) is 1. The van der Waals surface area contributed by atoms with Gasteiger partial charge in [0, 0.05) is 0 Å². The Morgan fingerprint density at radius 1 is 1.47 bits per heavy atom. The zero-order valence-corrected chi connectivity index (χ0v) is 8.84. The molecule has 1 atom stereocenters. The fraction of sp³-hybridized carbons (Fsp3) is 0.400. The molecule has 1 rings (SSSR count). The van der Waals surface area contributed by atoms with Crippen molar-refractivity contribution < 1.29 is 18.6 Å². The third-order valence-electron chi connectivity index (χ3n) is 1.74. The number of benzene rings is 1. The van der Waals surface area contributed by atoms with Crippen molar-refractivity contribution in [1.82, 2.24) is 0 Å². The third-order valence-corrected chi connectivity index (χ3v) is 2.04. The lowest BCUT2D eigenvalue weighted by Gasteiger charge is -2.09. The fourth-order valence-corrected chi connectivity index (χ4v) is 1.45. The van der Waals surface area contributed by atoms with E-state index >= 15 is 0 Å². The van der Waals surface area contributed by atoms with Crippen LogP contribution in [-0.4, -0.2) is 17.8 Å². The van der Waals surface area contributed by atoms with Gasteiger partial charge in [-0.15, -0.1) is 0 Å². The first-order valence-corrected chi connectivity index (χ1v) is 4.78. The minimum Gasteiger partial charge on any atom is -0.433 e. The summed E-state index contributed by atoms with van der Waals surface area (Å²) in [5, 5.41) is 9.24. The van der Waals surface area contributed by atoms with Gasteiger partial charge < -0.3 is 9.84 Å². The van der Waals surface area contributed by atoms with Crippen molar-refractivity contribution in [3.05, 3.63) is 28.8 Å². The Bertz CT molecular complexity index is 329. The smallest absolute Gasteiger partial charge is 0.387 e. The highest BCUT2D eigenvalue weighted by atomic mass is 35.5. The molecule has 0 saturated heterocycles. The summed E-state index contributed by atoms with van der Waals surface area (Å²) in [5.41, 5.74) is 0.775. The molecule has 5 heteroatoms. The quantitative estimate of drug-likeness (QED) is 0.871. The monoisotopic (exact) mass is 236 g/mol. The highest BCUT2D eigenvalue weighted by molar-refractivity contribution is 6.32. The summed E-state index contributed by atoms with van der Waals surface area (Å²) in [6, 6.07) is 4.47. The Morgan fingerprint density at radius 2 is 2.13 bits per heavy atom. The molecule has 0 aliphatic rings. The van der Waals surface area contributed by atoms with Crippen LogP contribution in [0.3, 0.4) is 0 Å². The van der Waals surface area contributed by atoms with E-state index in [0.29, 0.717) is 6.42 Å². The molecule has 0 heterocycles. The predicted molar refractivity (Wildman–Crippen MR) is 53.5 cm³/mol. The molecule has 15 heavy (non-hydrogen) atoms. The topological polar surface area (TPSA) is 29.5 Å². The van der Waals surface area contributed by atoms with Crippen molar-refractivity contribution in [1.29, 1.82) is 0 Å². The van der Waals surface area contributed by atoms with Crippen molar-refractivity contribution in [3.8, 4) is 5.75 Å². The first-order valence-electron chi connectivity index (χ1n) is 4.40. The largest absolute Gasteiger partial charge is 0.433 e. The molecule has 0 bridgehead atoms. The molecule has 0 aliphatic heterocycles. The van der Waals surface area contributed by atoms with Gasteiger partial charge in [0.25, 0.3) is 0 Å². The molecule has 2 nitrogen and oxygen atoms in total. The van der Waals surface area contributed by atoms with Gasteiger partial charge >= 0.3 is 6.61 Å². The van der Waals surface area contributed by atoms with E-state index in [1.54, 1.807) is 13.0 Å². The van der Waals surface area contributed by atoms with Gasteiger partial charge in [-0.2, -0.15) is 8.78 Å². The first-order chi connectivity index (χ1) is 6.99. The molecule has 1 N–H and O–H groups in total. The third kappa shape index (κ3) is 4.01. The molecule has 0 fully saturated rings. The van der Waals surface area contributed by atoms with Gasteiger partial charge in [-0.3, -0.25) is 0 Å². The Kier molecular flexibility index (Phi) is 4.29. The SMILES string of the molecule is C[C@H](O)Cc1ccc(OC(F)F)c(Cl)c1. The van der Waals surface area contributed by atoms with Crippen LogP contribution in [0.2, 0.25) is 5.02 Å². The molecule has 84 valence electrons. The number of halogens is 3. The van der Waals surface area contributed by atoms with Crippen LogP contribution in [0.5, 0.6) is 5.75 Å². The van der Waals surface area contributed by atoms with Gasteiger partial charge in [0.15, 0.2) is 0 Å². The molecule has 0 unspecified atom stereocenters. The van der Waals surface area contributed by atoms with E-state index in [9.17, 15) is 8.78 Å². The van der Waals surface area contributed by atoms with Crippen LogP contribution in [0.25, 0.3) is 0 Å². The van der Waals surface area contributed by atoms with Gasteiger partial charge in [0.2, 0.25) is 0 Å². The molecule has 1 aromatic rings. The molecule has 1 aromatic carbocycles. The maximum atomic E-state index is 11.9. The number of hydrogen-bond acceptors (Lipinski definition) is 2. The Hall–Kier alpha value is -0.870. The van der Waals surface area contributed by atoms with E-state index in [0.717, 1.165) is 5.56 Å². The number of alkyl halides is 2. The van der Waals surface area contributed by atoms with E-state index in [4.69, 9.17) is 16.7 Å². The van der Waals surface area contributed by atoms with Crippen LogP contribution >= 0.6 is 11.6 Å². The minimum absolute atomic E-state index is 0.0546. The highest BCUT2D eigenvalue weighted by Crippen LogP contribution is 2.27. The first kappa shape index (κ1) is 12.2. The second-order valence-corrected chi connectivity index (χ2v) is 3.60. The number of ether oxygens (including phenoxy) is 1. The van der Waals surface area contributed by atoms with Crippen LogP contribution < -0.4 is 4.74 Å². The minimum atomic E-state index is -2.88. The summed E-state index contributed by atoms with van der Waals surface area (Å²) in [4.78, 5) is 0. The van der Waals surface area contributed by atoms with Gasteiger partial charge in [-0.05, 0) is 31.0 Å². The van der Waals surface area contributed by atoms with Crippen LogP contribution in [0, 0.1) is 0 Å². The van der Waals surface area contributed by atoms with E-state index in [-0.39, 0.29) is 10.8 Å². The van der Waals surface area contributed by atoms with E-state index in [2.05, 4.69) is 4.74 Å². The van der Waals surface area contributed by atoms with Crippen molar-refractivity contribution in [2.45, 2.75) is 26.1 Å². The van der Waals surface area contributed by atoms with Gasteiger partial charge in [0.05, 0.1) is 11.1 Å². The van der Waals surface area contributed by atoms with Crippen molar-refractivity contribution in [3.63, 3.8) is 0 Å². The summed E-state index contributed by atoms with van der Waals surface area (Å²) in [7, 11) is 0. The van der Waals surface area contributed by atoms with Gasteiger partial charge in [-0.25, -0.2) is 0 Å². The normalized spacial score (nSPS) is 12.9. The zero-order chi connectivity index (χ0) is 11.4. The van der Waals surface area contributed by atoms with Crippen molar-refractivity contribution in [2.75, 3.05) is 0 Å². The van der Waals surface area contributed by atoms with Crippen LogP contribution in [0.4, 0.5) is 8.78 Å². The van der Waals surface area contributed by atoms with Crippen molar-refractivity contribution >= 4 is 11.6 Å². The summed E-state index contributed by atoms with van der Waals surface area (Å²) in [6.07, 6.45) is -0.0720. The Balaban J connectivity index is 2.78. The summed E-state index contributed by atoms with van der Waals surface area (Å²) in [5.74, 6) is -0.0546. The molecule has 0 radical (unpaired) electrons. The molecule has 0 saturated carbocycles. The second-order valence-electron chi connectivity index (χ2n) is 3.20. The lowest BCUT2D eigenvalue weighted by atomic mass is 10.1. The lowest BCUT2D eigenvalue weighted by molar-refractivity contribution is -0.0498. The molecular weight excluding hydrogens is 226 g/mol. The highest BCUT2D eigenvalue weighted by Gasteiger charge is 2.09.